The minimum atomic E-state index is -0.563. The second-order valence-electron chi connectivity index (χ2n) is 6.02. The number of aliphatic hydroxyl groups is 1. The van der Waals surface area contributed by atoms with E-state index in [0.717, 1.165) is 5.56 Å². The average molecular weight is 366 g/mol. The van der Waals surface area contributed by atoms with E-state index in [0.29, 0.717) is 11.0 Å². The summed E-state index contributed by atoms with van der Waals surface area (Å²) in [5, 5.41) is 12.6. The minimum absolute atomic E-state index is 0.0836. The number of imide groups is 1. The van der Waals surface area contributed by atoms with Gasteiger partial charge in [0, 0.05) is 19.1 Å². The van der Waals surface area contributed by atoms with Crippen molar-refractivity contribution in [3.05, 3.63) is 34.9 Å². The van der Waals surface area contributed by atoms with Crippen molar-refractivity contribution in [3.8, 4) is 0 Å². The minimum Gasteiger partial charge on any atom is -0.394 e. The van der Waals surface area contributed by atoms with Crippen LogP contribution in [0, 0.1) is 0 Å². The van der Waals surface area contributed by atoms with Crippen molar-refractivity contribution in [2.75, 3.05) is 27.2 Å². The third-order valence-corrected chi connectivity index (χ3v) is 4.66. The van der Waals surface area contributed by atoms with Crippen LogP contribution in [0.4, 0.5) is 4.79 Å². The Kier molecular flexibility index (Phi) is 4.82. The molecule has 1 aromatic rings. The molecule has 3 amide bonds. The van der Waals surface area contributed by atoms with E-state index < -0.39 is 12.2 Å². The highest BCUT2D eigenvalue weighted by atomic mass is 35.5. The lowest BCUT2D eigenvalue weighted by molar-refractivity contribution is -0.137. The van der Waals surface area contributed by atoms with E-state index in [4.69, 9.17) is 16.7 Å². The molecular formula is C16H20ClN5O3. The Labute approximate surface area is 150 Å². The van der Waals surface area contributed by atoms with Crippen LogP contribution in [0.25, 0.3) is 0 Å². The fraction of sp³-hybridized carbons (Fsp3) is 0.438. The summed E-state index contributed by atoms with van der Waals surface area (Å²) in [6, 6.07) is 6.11. The standard InChI is InChI=1S/C16H20ClN5O3/c1-20-12-13(19-15(20)18-7-8-23)21(2)16(25)22(14(12)24)9-10-3-5-11(17)6-4-10/h3-6,12-13,23H,7-9H2,1-2H3,(H,18,19). The number of guanidine groups is 1. The predicted molar refractivity (Wildman–Crippen MR) is 93.0 cm³/mol. The number of hydrogen-bond donors (Lipinski definition) is 2. The fourth-order valence-electron chi connectivity index (χ4n) is 3.06. The Hall–Kier alpha value is -2.32. The first-order chi connectivity index (χ1) is 11.9. The monoisotopic (exact) mass is 365 g/mol. The smallest absolute Gasteiger partial charge is 0.328 e. The molecular weight excluding hydrogens is 346 g/mol. The van der Waals surface area contributed by atoms with Crippen molar-refractivity contribution in [1.82, 2.24) is 20.0 Å². The molecule has 0 saturated carbocycles. The summed E-state index contributed by atoms with van der Waals surface area (Å²) in [7, 11) is 3.40. The molecule has 9 heteroatoms. The van der Waals surface area contributed by atoms with Crippen molar-refractivity contribution < 1.29 is 14.7 Å². The zero-order valence-electron chi connectivity index (χ0n) is 14.0. The lowest BCUT2D eigenvalue weighted by atomic mass is 10.1. The maximum Gasteiger partial charge on any atom is 0.328 e. The highest BCUT2D eigenvalue weighted by Gasteiger charge is 2.51. The number of amides is 3. The van der Waals surface area contributed by atoms with E-state index in [1.807, 2.05) is 0 Å². The van der Waals surface area contributed by atoms with Gasteiger partial charge in [-0.15, -0.1) is 0 Å². The summed E-state index contributed by atoms with van der Waals surface area (Å²) in [6.07, 6.45) is -0.482. The van der Waals surface area contributed by atoms with E-state index in [1.54, 1.807) is 43.3 Å². The Morgan fingerprint density at radius 1 is 1.20 bits per heavy atom. The normalized spacial score (nSPS) is 24.8. The van der Waals surface area contributed by atoms with Crippen LogP contribution in [-0.2, 0) is 11.3 Å². The molecule has 25 heavy (non-hydrogen) atoms. The van der Waals surface area contributed by atoms with Gasteiger partial charge in [-0.25, -0.2) is 4.79 Å². The Morgan fingerprint density at radius 3 is 2.52 bits per heavy atom. The van der Waals surface area contributed by atoms with Gasteiger partial charge in [0.15, 0.2) is 12.0 Å². The zero-order valence-corrected chi connectivity index (χ0v) is 14.8. The van der Waals surface area contributed by atoms with Gasteiger partial charge < -0.3 is 20.2 Å². The molecule has 2 fully saturated rings. The van der Waals surface area contributed by atoms with Gasteiger partial charge in [0.1, 0.15) is 6.17 Å². The lowest BCUT2D eigenvalue weighted by Gasteiger charge is -2.40. The van der Waals surface area contributed by atoms with Gasteiger partial charge >= 0.3 is 6.03 Å². The number of benzene rings is 1. The lowest BCUT2D eigenvalue weighted by Crippen LogP contribution is -2.65. The van der Waals surface area contributed by atoms with Gasteiger partial charge in [-0.2, -0.15) is 0 Å². The van der Waals surface area contributed by atoms with Crippen molar-refractivity contribution in [1.29, 1.82) is 0 Å². The molecule has 2 aliphatic rings. The maximum atomic E-state index is 12.9. The van der Waals surface area contributed by atoms with Gasteiger partial charge in [0.25, 0.3) is 5.91 Å². The topological polar surface area (TPSA) is 88.5 Å². The Morgan fingerprint density at radius 2 is 1.88 bits per heavy atom. The quantitative estimate of drug-likeness (QED) is 0.801. The molecule has 0 aromatic heterocycles. The molecule has 0 radical (unpaired) electrons. The van der Waals surface area contributed by atoms with E-state index in [1.165, 1.54) is 9.80 Å². The maximum absolute atomic E-state index is 12.9. The molecule has 8 nitrogen and oxygen atoms in total. The number of fused-ring (bicyclic) bond motifs is 1. The third-order valence-electron chi connectivity index (χ3n) is 4.41. The molecule has 2 aliphatic heterocycles. The van der Waals surface area contributed by atoms with E-state index in [-0.39, 0.29) is 31.6 Å². The van der Waals surface area contributed by atoms with Crippen molar-refractivity contribution in [2.45, 2.75) is 18.8 Å². The number of nitrogens with zero attached hydrogens (tertiary/aromatic N) is 4. The van der Waals surface area contributed by atoms with E-state index in [2.05, 4.69) is 10.3 Å². The SMILES string of the molecule is CN1C(=O)N(Cc2ccc(Cl)cc2)C(=O)C2C1NC(=NCCO)N2C. The summed E-state index contributed by atoms with van der Waals surface area (Å²) < 4.78 is 0. The number of urea groups is 1. The van der Waals surface area contributed by atoms with Crippen LogP contribution in [0.15, 0.2) is 29.3 Å². The molecule has 1 aromatic carbocycles. The highest BCUT2D eigenvalue weighted by molar-refractivity contribution is 6.30. The molecule has 2 heterocycles. The van der Waals surface area contributed by atoms with Gasteiger partial charge in [-0.3, -0.25) is 14.7 Å². The molecule has 134 valence electrons. The number of likely N-dealkylation sites (N-methyl/N-ethyl adjacent to an activating group) is 2. The first-order valence-electron chi connectivity index (χ1n) is 7.91. The molecule has 0 aliphatic carbocycles. The largest absolute Gasteiger partial charge is 0.394 e. The van der Waals surface area contributed by atoms with Crippen LogP contribution in [0.1, 0.15) is 5.56 Å². The van der Waals surface area contributed by atoms with Crippen LogP contribution in [0.3, 0.4) is 0 Å². The van der Waals surface area contributed by atoms with E-state index in [9.17, 15) is 9.59 Å². The van der Waals surface area contributed by atoms with Gasteiger partial charge in [-0.1, -0.05) is 23.7 Å². The zero-order chi connectivity index (χ0) is 18.1. The molecule has 2 atom stereocenters. The summed E-state index contributed by atoms with van der Waals surface area (Å²) in [5.41, 5.74) is 0.820. The van der Waals surface area contributed by atoms with Gasteiger partial charge in [-0.05, 0) is 17.7 Å². The van der Waals surface area contributed by atoms with Crippen LogP contribution in [0.5, 0.6) is 0 Å². The highest BCUT2D eigenvalue weighted by Crippen LogP contribution is 2.25. The number of aliphatic imine (C=N–C) groups is 1. The molecule has 3 rings (SSSR count). The third kappa shape index (κ3) is 3.14. The molecule has 2 N–H and O–H groups in total. The summed E-state index contributed by atoms with van der Waals surface area (Å²) >= 11 is 5.88. The summed E-state index contributed by atoms with van der Waals surface area (Å²) in [4.78, 5) is 34.2. The van der Waals surface area contributed by atoms with Crippen molar-refractivity contribution in [2.24, 2.45) is 4.99 Å². The number of carbonyl (C=O) groups excluding carboxylic acids is 2. The first-order valence-corrected chi connectivity index (χ1v) is 8.29. The average Bonchev–Trinajstić information content (AvgIpc) is 2.93. The summed E-state index contributed by atoms with van der Waals surface area (Å²) in [5.74, 6) is 0.206. The van der Waals surface area contributed by atoms with Crippen LogP contribution in [0.2, 0.25) is 5.02 Å². The Bertz CT molecular complexity index is 708. The second-order valence-corrected chi connectivity index (χ2v) is 6.45. The van der Waals surface area contributed by atoms with Crippen LogP contribution < -0.4 is 5.32 Å². The fourth-order valence-corrected chi connectivity index (χ4v) is 3.19. The number of aliphatic hydroxyl groups excluding tert-OH is 1. The number of hydrogen-bond acceptors (Lipinski definition) is 4. The number of carbonyl (C=O) groups is 2. The van der Waals surface area contributed by atoms with Gasteiger partial charge in [0.05, 0.1) is 19.7 Å². The number of halogens is 1. The number of nitrogens with one attached hydrogen (secondary N) is 1. The van der Waals surface area contributed by atoms with E-state index >= 15 is 0 Å². The van der Waals surface area contributed by atoms with Crippen molar-refractivity contribution >= 4 is 29.5 Å². The Balaban J connectivity index is 1.84. The molecule has 0 bridgehead atoms. The number of rotatable bonds is 4. The summed E-state index contributed by atoms with van der Waals surface area (Å²) in [6.45, 7) is 0.325. The predicted octanol–water partition coefficient (Wildman–Crippen LogP) is 0.312. The van der Waals surface area contributed by atoms with Crippen LogP contribution in [-0.4, -0.2) is 77.2 Å². The first kappa shape index (κ1) is 17.5. The van der Waals surface area contributed by atoms with Crippen molar-refractivity contribution in [3.63, 3.8) is 0 Å². The van der Waals surface area contributed by atoms with Gasteiger partial charge in [0.2, 0.25) is 0 Å². The molecule has 2 unspecified atom stereocenters. The second kappa shape index (κ2) is 6.89. The molecule has 2 saturated heterocycles. The molecule has 0 spiro atoms. The van der Waals surface area contributed by atoms with Crippen LogP contribution >= 0.6 is 11.6 Å².